The van der Waals surface area contributed by atoms with Crippen LogP contribution in [0.3, 0.4) is 0 Å². The molecule has 2 aromatic carbocycles. The van der Waals surface area contributed by atoms with Gasteiger partial charge in [-0.05, 0) is 40.8 Å². The van der Waals surface area contributed by atoms with Gasteiger partial charge in [-0.2, -0.15) is 0 Å². The third kappa shape index (κ3) is 4.93. The lowest BCUT2D eigenvalue weighted by atomic mass is 9.87. The van der Waals surface area contributed by atoms with Gasteiger partial charge in [-0.25, -0.2) is 4.39 Å². The highest BCUT2D eigenvalue weighted by Crippen LogP contribution is 2.22. The molecule has 2 rings (SSSR count). The lowest BCUT2D eigenvalue weighted by molar-refractivity contribution is -0.111. The Morgan fingerprint density at radius 1 is 1.13 bits per heavy atom. The highest BCUT2D eigenvalue weighted by atomic mass is 35.5. The lowest BCUT2D eigenvalue weighted by Gasteiger charge is -2.18. The molecule has 4 heteroatoms. The molecule has 23 heavy (non-hydrogen) atoms. The number of rotatable bonds is 3. The molecule has 0 saturated carbocycles. The van der Waals surface area contributed by atoms with Crippen molar-refractivity contribution >= 4 is 29.3 Å². The van der Waals surface area contributed by atoms with Gasteiger partial charge in [0.2, 0.25) is 5.91 Å². The largest absolute Gasteiger partial charge is 0.322 e. The first-order chi connectivity index (χ1) is 10.8. The van der Waals surface area contributed by atoms with Crippen LogP contribution in [0.2, 0.25) is 5.02 Å². The second-order valence-corrected chi connectivity index (χ2v) is 6.73. The number of nitrogens with one attached hydrogen (secondary N) is 1. The summed E-state index contributed by atoms with van der Waals surface area (Å²) >= 11 is 5.68. The molecule has 0 fully saturated rings. The summed E-state index contributed by atoms with van der Waals surface area (Å²) in [5, 5.41) is 2.62. The molecular weight excluding hydrogens is 313 g/mol. The Balaban J connectivity index is 2.02. The second kappa shape index (κ2) is 6.97. The maximum absolute atomic E-state index is 13.1. The van der Waals surface area contributed by atoms with E-state index in [2.05, 4.69) is 38.2 Å². The Morgan fingerprint density at radius 3 is 2.35 bits per heavy atom. The van der Waals surface area contributed by atoms with Gasteiger partial charge in [-0.3, -0.25) is 4.79 Å². The van der Waals surface area contributed by atoms with Gasteiger partial charge in [-0.1, -0.05) is 56.6 Å². The number of hydrogen-bond donors (Lipinski definition) is 1. The Kier molecular flexibility index (Phi) is 5.22. The van der Waals surface area contributed by atoms with Gasteiger partial charge < -0.3 is 5.32 Å². The molecule has 0 radical (unpaired) electrons. The molecule has 0 aliphatic carbocycles. The van der Waals surface area contributed by atoms with Crippen LogP contribution >= 0.6 is 11.6 Å². The summed E-state index contributed by atoms with van der Waals surface area (Å²) in [4.78, 5) is 11.9. The molecule has 0 spiro atoms. The van der Waals surface area contributed by atoms with Crippen LogP contribution in [-0.4, -0.2) is 5.91 Å². The SMILES string of the molecule is CC(C)(C)c1ccc(/C=C/C(=O)Nc2ccc(F)c(Cl)c2)cc1. The predicted octanol–water partition coefficient (Wildman–Crippen LogP) is 5.43. The first kappa shape index (κ1) is 17.2. The Hall–Kier alpha value is -2.13. The highest BCUT2D eigenvalue weighted by molar-refractivity contribution is 6.31. The summed E-state index contributed by atoms with van der Waals surface area (Å²) in [6.45, 7) is 6.46. The standard InChI is InChI=1S/C19H19ClFNO/c1-19(2,3)14-7-4-13(5-8-14)6-11-18(23)22-15-9-10-17(21)16(20)12-15/h4-12H,1-3H3,(H,22,23)/b11-6+. The van der Waals surface area contributed by atoms with Crippen molar-refractivity contribution in [3.63, 3.8) is 0 Å². The van der Waals surface area contributed by atoms with Crippen molar-refractivity contribution in [1.82, 2.24) is 0 Å². The second-order valence-electron chi connectivity index (χ2n) is 6.32. The summed E-state index contributed by atoms with van der Waals surface area (Å²) in [5.41, 5.74) is 2.72. The van der Waals surface area contributed by atoms with Crippen molar-refractivity contribution in [2.45, 2.75) is 26.2 Å². The number of anilines is 1. The molecule has 0 aliphatic heterocycles. The lowest BCUT2D eigenvalue weighted by Crippen LogP contribution is -2.10. The van der Waals surface area contributed by atoms with E-state index in [1.54, 1.807) is 6.08 Å². The summed E-state index contributed by atoms with van der Waals surface area (Å²) in [6, 6.07) is 12.1. The van der Waals surface area contributed by atoms with Gasteiger partial charge in [0, 0.05) is 11.8 Å². The van der Waals surface area contributed by atoms with E-state index >= 15 is 0 Å². The molecule has 1 N–H and O–H groups in total. The fraction of sp³-hybridized carbons (Fsp3) is 0.211. The number of carbonyl (C=O) groups is 1. The first-order valence-corrected chi connectivity index (χ1v) is 7.68. The van der Waals surface area contributed by atoms with E-state index in [0.717, 1.165) is 5.56 Å². The van der Waals surface area contributed by atoms with Crippen molar-refractivity contribution in [3.05, 3.63) is 70.5 Å². The molecule has 0 bridgehead atoms. The van der Waals surface area contributed by atoms with Crippen LogP contribution in [0.25, 0.3) is 6.08 Å². The normalized spacial score (nSPS) is 11.7. The van der Waals surface area contributed by atoms with E-state index in [1.165, 1.54) is 29.8 Å². The van der Waals surface area contributed by atoms with E-state index in [1.807, 2.05) is 12.1 Å². The molecular formula is C19H19ClFNO. The zero-order valence-electron chi connectivity index (χ0n) is 13.4. The molecule has 0 unspecified atom stereocenters. The Morgan fingerprint density at radius 2 is 1.78 bits per heavy atom. The third-order valence-corrected chi connectivity index (χ3v) is 3.68. The average Bonchev–Trinajstić information content (AvgIpc) is 2.48. The minimum Gasteiger partial charge on any atom is -0.322 e. The molecule has 0 atom stereocenters. The number of halogens is 2. The number of carbonyl (C=O) groups excluding carboxylic acids is 1. The summed E-state index contributed by atoms with van der Waals surface area (Å²) < 4.78 is 13.1. The maximum atomic E-state index is 13.1. The summed E-state index contributed by atoms with van der Waals surface area (Å²) in [5.74, 6) is -0.813. The zero-order chi connectivity index (χ0) is 17.0. The van der Waals surface area contributed by atoms with E-state index in [0.29, 0.717) is 5.69 Å². The van der Waals surface area contributed by atoms with Gasteiger partial charge in [0.05, 0.1) is 5.02 Å². The molecule has 120 valence electrons. The minimum atomic E-state index is -0.515. The van der Waals surface area contributed by atoms with Crippen molar-refractivity contribution in [1.29, 1.82) is 0 Å². The van der Waals surface area contributed by atoms with Crippen LogP contribution in [0.4, 0.5) is 10.1 Å². The van der Waals surface area contributed by atoms with E-state index in [4.69, 9.17) is 11.6 Å². The monoisotopic (exact) mass is 331 g/mol. The molecule has 0 aromatic heterocycles. The number of hydrogen-bond acceptors (Lipinski definition) is 1. The fourth-order valence-electron chi connectivity index (χ4n) is 2.02. The van der Waals surface area contributed by atoms with Crippen molar-refractivity contribution in [2.75, 3.05) is 5.32 Å². The predicted molar refractivity (Wildman–Crippen MR) is 94.2 cm³/mol. The van der Waals surface area contributed by atoms with E-state index < -0.39 is 5.82 Å². The average molecular weight is 332 g/mol. The highest BCUT2D eigenvalue weighted by Gasteiger charge is 2.12. The van der Waals surface area contributed by atoms with Gasteiger partial charge in [0.25, 0.3) is 0 Å². The Labute approximate surface area is 141 Å². The van der Waals surface area contributed by atoms with Crippen LogP contribution < -0.4 is 5.32 Å². The number of amides is 1. The van der Waals surface area contributed by atoms with E-state index in [-0.39, 0.29) is 16.3 Å². The van der Waals surface area contributed by atoms with Crippen molar-refractivity contribution in [2.24, 2.45) is 0 Å². The quantitative estimate of drug-likeness (QED) is 0.747. The van der Waals surface area contributed by atoms with Gasteiger partial charge in [-0.15, -0.1) is 0 Å². The van der Waals surface area contributed by atoms with Crippen LogP contribution in [0.5, 0.6) is 0 Å². The third-order valence-electron chi connectivity index (χ3n) is 3.39. The van der Waals surface area contributed by atoms with E-state index in [9.17, 15) is 9.18 Å². The molecule has 0 heterocycles. The minimum absolute atomic E-state index is 0.0236. The maximum Gasteiger partial charge on any atom is 0.248 e. The molecule has 1 amide bonds. The van der Waals surface area contributed by atoms with Crippen LogP contribution in [0.1, 0.15) is 31.9 Å². The molecule has 0 aliphatic rings. The van der Waals surface area contributed by atoms with Crippen molar-refractivity contribution in [3.8, 4) is 0 Å². The molecule has 2 nitrogen and oxygen atoms in total. The Bertz CT molecular complexity index is 730. The van der Waals surface area contributed by atoms with Crippen molar-refractivity contribution < 1.29 is 9.18 Å². The zero-order valence-corrected chi connectivity index (χ0v) is 14.1. The smallest absolute Gasteiger partial charge is 0.248 e. The summed E-state index contributed by atoms with van der Waals surface area (Å²) in [6.07, 6.45) is 3.16. The molecule has 2 aromatic rings. The summed E-state index contributed by atoms with van der Waals surface area (Å²) in [7, 11) is 0. The topological polar surface area (TPSA) is 29.1 Å². The van der Waals surface area contributed by atoms with Crippen LogP contribution in [-0.2, 0) is 10.2 Å². The van der Waals surface area contributed by atoms with Gasteiger partial charge >= 0.3 is 0 Å². The van der Waals surface area contributed by atoms with Gasteiger partial charge in [0.1, 0.15) is 5.82 Å². The fourth-order valence-corrected chi connectivity index (χ4v) is 2.20. The van der Waals surface area contributed by atoms with Gasteiger partial charge in [0.15, 0.2) is 0 Å². The molecule has 0 saturated heterocycles. The number of benzene rings is 2. The first-order valence-electron chi connectivity index (χ1n) is 7.30. The van der Waals surface area contributed by atoms with Crippen LogP contribution in [0.15, 0.2) is 48.5 Å². The van der Waals surface area contributed by atoms with Crippen LogP contribution in [0, 0.1) is 5.82 Å².